The lowest BCUT2D eigenvalue weighted by Crippen LogP contribution is -2.27. The van der Waals surface area contributed by atoms with Crippen LogP contribution in [0.15, 0.2) is 59.0 Å². The molecular weight excluding hydrogens is 302 g/mol. The second kappa shape index (κ2) is 6.54. The molecule has 0 fully saturated rings. The van der Waals surface area contributed by atoms with Crippen LogP contribution in [0.5, 0.6) is 5.75 Å². The molecule has 0 saturated carbocycles. The highest BCUT2D eigenvalue weighted by molar-refractivity contribution is 6.30. The van der Waals surface area contributed by atoms with Crippen LogP contribution in [0.4, 0.5) is 0 Å². The molecule has 3 rings (SSSR count). The third-order valence-electron chi connectivity index (χ3n) is 3.12. The minimum atomic E-state index is -0.254. The highest BCUT2D eigenvalue weighted by Gasteiger charge is 2.11. The fourth-order valence-corrected chi connectivity index (χ4v) is 2.17. The number of amides is 1. The Hall–Kier alpha value is -2.46. The fourth-order valence-electron chi connectivity index (χ4n) is 2.05. The second-order valence-corrected chi connectivity index (χ2v) is 5.14. The van der Waals surface area contributed by atoms with Gasteiger partial charge in [0.15, 0.2) is 5.76 Å². The molecule has 2 aromatic carbocycles. The molecule has 0 aliphatic rings. The number of benzene rings is 2. The molecule has 22 heavy (non-hydrogen) atoms. The van der Waals surface area contributed by atoms with E-state index in [2.05, 4.69) is 5.32 Å². The normalized spacial score (nSPS) is 10.6. The average molecular weight is 316 g/mol. The fraction of sp³-hybridized carbons (Fsp3) is 0.118. The number of carbonyl (C=O) groups excluding carboxylic acids is 1. The monoisotopic (exact) mass is 315 g/mol. The zero-order valence-electron chi connectivity index (χ0n) is 11.7. The quantitative estimate of drug-likeness (QED) is 0.727. The lowest BCUT2D eigenvalue weighted by Gasteiger charge is -2.06. The number of hydrogen-bond acceptors (Lipinski definition) is 3. The Morgan fingerprint density at radius 3 is 2.68 bits per heavy atom. The second-order valence-electron chi connectivity index (χ2n) is 4.71. The summed E-state index contributed by atoms with van der Waals surface area (Å²) in [5, 5.41) is 4.32. The van der Waals surface area contributed by atoms with E-state index in [4.69, 9.17) is 20.8 Å². The van der Waals surface area contributed by atoms with Gasteiger partial charge < -0.3 is 14.5 Å². The number of hydrogen-bond donors (Lipinski definition) is 1. The van der Waals surface area contributed by atoms with Crippen LogP contribution in [-0.4, -0.2) is 19.1 Å². The maximum atomic E-state index is 12.0. The van der Waals surface area contributed by atoms with E-state index >= 15 is 0 Å². The molecule has 1 amide bonds. The molecule has 112 valence electrons. The van der Waals surface area contributed by atoms with Gasteiger partial charge in [0, 0.05) is 10.4 Å². The van der Waals surface area contributed by atoms with Crippen molar-refractivity contribution in [3.8, 4) is 5.75 Å². The molecule has 0 saturated heterocycles. The summed E-state index contributed by atoms with van der Waals surface area (Å²) >= 11 is 5.79. The number of fused-ring (bicyclic) bond motifs is 1. The summed E-state index contributed by atoms with van der Waals surface area (Å²) in [5.74, 6) is 0.756. The van der Waals surface area contributed by atoms with Gasteiger partial charge in [0.2, 0.25) is 0 Å². The lowest BCUT2D eigenvalue weighted by molar-refractivity contribution is 0.0921. The van der Waals surface area contributed by atoms with E-state index in [0.29, 0.717) is 35.3 Å². The molecule has 5 heteroatoms. The summed E-state index contributed by atoms with van der Waals surface area (Å²) < 4.78 is 11.0. The average Bonchev–Trinajstić information content (AvgIpc) is 2.97. The Balaban J connectivity index is 1.50. The van der Waals surface area contributed by atoms with Gasteiger partial charge in [-0.25, -0.2) is 0 Å². The van der Waals surface area contributed by atoms with Gasteiger partial charge in [0.05, 0.1) is 6.54 Å². The van der Waals surface area contributed by atoms with Crippen molar-refractivity contribution >= 4 is 28.5 Å². The third kappa shape index (κ3) is 3.40. The molecule has 4 nitrogen and oxygen atoms in total. The standard InChI is InChI=1S/C17H14ClNO3/c18-13-5-7-14(8-6-13)21-10-9-19-17(20)16-11-12-3-1-2-4-15(12)22-16/h1-8,11H,9-10H2,(H,19,20). The molecule has 0 atom stereocenters. The van der Waals surface area contributed by atoms with E-state index < -0.39 is 0 Å². The van der Waals surface area contributed by atoms with Crippen LogP contribution in [0.3, 0.4) is 0 Å². The summed E-state index contributed by atoms with van der Waals surface area (Å²) in [6.45, 7) is 0.756. The van der Waals surface area contributed by atoms with Crippen molar-refractivity contribution < 1.29 is 13.9 Å². The Morgan fingerprint density at radius 1 is 1.14 bits per heavy atom. The first-order valence-electron chi connectivity index (χ1n) is 6.87. The van der Waals surface area contributed by atoms with E-state index in [-0.39, 0.29) is 5.91 Å². The van der Waals surface area contributed by atoms with E-state index in [0.717, 1.165) is 5.39 Å². The van der Waals surface area contributed by atoms with Crippen LogP contribution >= 0.6 is 11.6 Å². The summed E-state index contributed by atoms with van der Waals surface area (Å²) in [5.41, 5.74) is 0.699. The van der Waals surface area contributed by atoms with Gasteiger partial charge in [0.25, 0.3) is 5.91 Å². The third-order valence-corrected chi connectivity index (χ3v) is 3.37. The van der Waals surface area contributed by atoms with Gasteiger partial charge in [-0.1, -0.05) is 29.8 Å². The van der Waals surface area contributed by atoms with Gasteiger partial charge in [-0.2, -0.15) is 0 Å². The van der Waals surface area contributed by atoms with Gasteiger partial charge in [-0.15, -0.1) is 0 Å². The first-order valence-corrected chi connectivity index (χ1v) is 7.25. The van der Waals surface area contributed by atoms with Gasteiger partial charge in [-0.05, 0) is 36.4 Å². The van der Waals surface area contributed by atoms with Gasteiger partial charge in [0.1, 0.15) is 17.9 Å². The molecule has 0 radical (unpaired) electrons. The number of carbonyl (C=O) groups is 1. The molecule has 1 aromatic heterocycles. The molecular formula is C17H14ClNO3. The van der Waals surface area contributed by atoms with E-state index in [1.807, 2.05) is 24.3 Å². The maximum Gasteiger partial charge on any atom is 0.287 e. The predicted octanol–water partition coefficient (Wildman–Crippen LogP) is 3.90. The van der Waals surface area contributed by atoms with Crippen LogP contribution in [0, 0.1) is 0 Å². The van der Waals surface area contributed by atoms with E-state index in [1.165, 1.54) is 0 Å². The Kier molecular flexibility index (Phi) is 4.30. The lowest BCUT2D eigenvalue weighted by atomic mass is 10.2. The zero-order valence-corrected chi connectivity index (χ0v) is 12.5. The van der Waals surface area contributed by atoms with Crippen molar-refractivity contribution in [2.75, 3.05) is 13.2 Å². The molecule has 0 aliphatic carbocycles. The van der Waals surface area contributed by atoms with Crippen LogP contribution < -0.4 is 10.1 Å². The molecule has 1 heterocycles. The topological polar surface area (TPSA) is 51.5 Å². The summed E-state index contributed by atoms with van der Waals surface area (Å²) in [6.07, 6.45) is 0. The minimum absolute atomic E-state index is 0.254. The SMILES string of the molecule is O=C(NCCOc1ccc(Cl)cc1)c1cc2ccccc2o1. The zero-order chi connectivity index (χ0) is 15.4. The van der Waals surface area contributed by atoms with Crippen molar-refractivity contribution in [3.63, 3.8) is 0 Å². The molecule has 1 N–H and O–H groups in total. The van der Waals surface area contributed by atoms with Gasteiger partial charge >= 0.3 is 0 Å². The first-order chi connectivity index (χ1) is 10.7. The van der Waals surface area contributed by atoms with Crippen molar-refractivity contribution in [3.05, 3.63) is 65.4 Å². The summed E-state index contributed by atoms with van der Waals surface area (Å²) in [4.78, 5) is 12.0. The molecule has 0 bridgehead atoms. The number of nitrogens with one attached hydrogen (secondary N) is 1. The Bertz CT molecular complexity index is 747. The number of furan rings is 1. The van der Waals surface area contributed by atoms with Crippen LogP contribution in [0.25, 0.3) is 11.0 Å². The van der Waals surface area contributed by atoms with Crippen LogP contribution in [0.1, 0.15) is 10.6 Å². The molecule has 0 spiro atoms. The number of rotatable bonds is 5. The first kappa shape index (κ1) is 14.5. The summed E-state index contributed by atoms with van der Waals surface area (Å²) in [7, 11) is 0. The summed E-state index contributed by atoms with van der Waals surface area (Å²) in [6, 6.07) is 16.3. The molecule has 0 unspecified atom stereocenters. The van der Waals surface area contributed by atoms with Crippen molar-refractivity contribution in [1.29, 1.82) is 0 Å². The predicted molar refractivity (Wildman–Crippen MR) is 85.5 cm³/mol. The van der Waals surface area contributed by atoms with Crippen LogP contribution in [0.2, 0.25) is 5.02 Å². The number of para-hydroxylation sites is 1. The maximum absolute atomic E-state index is 12.0. The van der Waals surface area contributed by atoms with E-state index in [9.17, 15) is 4.79 Å². The van der Waals surface area contributed by atoms with Crippen molar-refractivity contribution in [1.82, 2.24) is 5.32 Å². The Morgan fingerprint density at radius 2 is 1.91 bits per heavy atom. The van der Waals surface area contributed by atoms with Crippen LogP contribution in [-0.2, 0) is 0 Å². The van der Waals surface area contributed by atoms with Crippen molar-refractivity contribution in [2.24, 2.45) is 0 Å². The minimum Gasteiger partial charge on any atom is -0.492 e. The number of halogens is 1. The van der Waals surface area contributed by atoms with Crippen molar-refractivity contribution in [2.45, 2.75) is 0 Å². The number of ether oxygens (including phenoxy) is 1. The smallest absolute Gasteiger partial charge is 0.287 e. The largest absolute Gasteiger partial charge is 0.492 e. The highest BCUT2D eigenvalue weighted by Crippen LogP contribution is 2.18. The molecule has 0 aliphatic heterocycles. The molecule has 3 aromatic rings. The van der Waals surface area contributed by atoms with Gasteiger partial charge in [-0.3, -0.25) is 4.79 Å². The Labute approximate surface area is 132 Å². The van der Waals surface area contributed by atoms with E-state index in [1.54, 1.807) is 30.3 Å². The highest BCUT2D eigenvalue weighted by atomic mass is 35.5.